The van der Waals surface area contributed by atoms with Crippen LogP contribution in [0.2, 0.25) is 0 Å². The summed E-state index contributed by atoms with van der Waals surface area (Å²) in [5, 5.41) is 8.11. The minimum absolute atomic E-state index is 0.0367. The number of pyridine rings is 2. The second kappa shape index (κ2) is 8.39. The maximum atomic E-state index is 14.7. The van der Waals surface area contributed by atoms with Crippen LogP contribution >= 0.6 is 0 Å². The van der Waals surface area contributed by atoms with Crippen molar-refractivity contribution in [3.05, 3.63) is 54.2 Å². The molecule has 172 valence electrons. The van der Waals surface area contributed by atoms with Crippen LogP contribution in [0.25, 0.3) is 0 Å². The third-order valence-electron chi connectivity index (χ3n) is 6.37. The molecule has 0 atom stereocenters. The molecule has 33 heavy (non-hydrogen) atoms. The highest BCUT2D eigenvalue weighted by Crippen LogP contribution is 2.41. The largest absolute Gasteiger partial charge is 0.454 e. The zero-order valence-electron chi connectivity index (χ0n) is 18.2. The molecule has 3 aliphatic rings. The molecule has 3 fully saturated rings. The van der Waals surface area contributed by atoms with Crippen LogP contribution in [0, 0.1) is 0 Å². The molecule has 6 rings (SSSR count). The van der Waals surface area contributed by atoms with E-state index in [2.05, 4.69) is 20.0 Å². The zero-order chi connectivity index (χ0) is 22.3. The van der Waals surface area contributed by atoms with Gasteiger partial charge in [-0.25, -0.2) is 9.37 Å². The zero-order valence-corrected chi connectivity index (χ0v) is 18.2. The van der Waals surface area contributed by atoms with Crippen molar-refractivity contribution in [1.29, 1.82) is 0 Å². The fourth-order valence-corrected chi connectivity index (χ4v) is 4.25. The first-order valence-electron chi connectivity index (χ1n) is 11.5. The summed E-state index contributed by atoms with van der Waals surface area (Å²) in [6.45, 7) is 1.58. The number of anilines is 2. The number of alkyl halides is 1. The number of ether oxygens (including phenoxy) is 3. The first-order valence-corrected chi connectivity index (χ1v) is 11.5. The Balaban J connectivity index is 1.22. The average Bonchev–Trinajstić information content (AvgIpc) is 3.59. The molecule has 1 saturated carbocycles. The van der Waals surface area contributed by atoms with Crippen molar-refractivity contribution in [2.24, 2.45) is 0 Å². The Labute approximate surface area is 191 Å². The van der Waals surface area contributed by atoms with Gasteiger partial charge in [-0.2, -0.15) is 5.10 Å². The number of nitrogens with one attached hydrogen (secondary N) is 1. The average molecular weight is 452 g/mol. The molecule has 3 aromatic heterocycles. The molecule has 0 unspecified atom stereocenters. The first-order chi connectivity index (χ1) is 16.2. The van der Waals surface area contributed by atoms with E-state index in [0.29, 0.717) is 34.9 Å². The fraction of sp³-hybridized carbons (Fsp3) is 0.458. The Morgan fingerprint density at radius 3 is 2.61 bits per heavy atom. The summed E-state index contributed by atoms with van der Waals surface area (Å²) in [4.78, 5) is 8.56. The van der Waals surface area contributed by atoms with Crippen molar-refractivity contribution < 1.29 is 18.6 Å². The van der Waals surface area contributed by atoms with Gasteiger partial charge in [-0.1, -0.05) is 0 Å². The van der Waals surface area contributed by atoms with Gasteiger partial charge in [-0.15, -0.1) is 0 Å². The Kier molecular flexibility index (Phi) is 5.22. The Hall–Kier alpha value is -3.04. The second-order valence-electron chi connectivity index (χ2n) is 8.97. The predicted molar refractivity (Wildman–Crippen MR) is 119 cm³/mol. The van der Waals surface area contributed by atoms with Crippen LogP contribution in [0.1, 0.15) is 49.0 Å². The molecule has 0 bridgehead atoms. The van der Waals surface area contributed by atoms with Gasteiger partial charge in [-0.05, 0) is 43.9 Å². The van der Waals surface area contributed by atoms with Gasteiger partial charge in [0.1, 0.15) is 17.3 Å². The molecular weight excluding hydrogens is 425 g/mol. The van der Waals surface area contributed by atoms with Crippen molar-refractivity contribution in [1.82, 2.24) is 19.7 Å². The summed E-state index contributed by atoms with van der Waals surface area (Å²) < 4.78 is 33.6. The molecule has 0 amide bonds. The monoisotopic (exact) mass is 451 g/mol. The third kappa shape index (κ3) is 4.30. The molecule has 3 aromatic rings. The second-order valence-corrected chi connectivity index (χ2v) is 8.97. The number of halogens is 1. The van der Waals surface area contributed by atoms with Crippen molar-refractivity contribution >= 4 is 11.5 Å². The standard InChI is InChI=1S/C24H26FN5O3/c25-24(14-32-15-24)21-11-17(3-7-26-21)28-22-12-19(4-8-27-22)33-20-13-30(18-1-2-18)29-23(20)16-5-9-31-10-6-16/h3-4,7-8,11-13,16,18H,1-2,5-6,9-10,14-15H2,(H,26,27,28). The van der Waals surface area contributed by atoms with Crippen LogP contribution in [0.4, 0.5) is 15.9 Å². The van der Waals surface area contributed by atoms with Gasteiger partial charge in [0.05, 0.1) is 31.1 Å². The molecule has 0 radical (unpaired) electrons. The van der Waals surface area contributed by atoms with Crippen LogP contribution in [0.5, 0.6) is 11.5 Å². The highest BCUT2D eigenvalue weighted by atomic mass is 19.1. The Morgan fingerprint density at radius 2 is 1.85 bits per heavy atom. The lowest BCUT2D eigenvalue weighted by Gasteiger charge is -2.33. The normalized spacial score (nSPS) is 20.3. The quantitative estimate of drug-likeness (QED) is 0.561. The van der Waals surface area contributed by atoms with Gasteiger partial charge in [0.15, 0.2) is 11.4 Å². The summed E-state index contributed by atoms with van der Waals surface area (Å²) in [7, 11) is 0. The van der Waals surface area contributed by atoms with Crippen molar-refractivity contribution in [2.75, 3.05) is 31.7 Å². The van der Waals surface area contributed by atoms with E-state index in [-0.39, 0.29) is 13.2 Å². The minimum atomic E-state index is -1.52. The van der Waals surface area contributed by atoms with E-state index >= 15 is 0 Å². The highest BCUT2D eigenvalue weighted by molar-refractivity contribution is 5.58. The number of nitrogens with zero attached hydrogens (tertiary/aromatic N) is 4. The van der Waals surface area contributed by atoms with Crippen LogP contribution in [0.3, 0.4) is 0 Å². The molecule has 5 heterocycles. The number of hydrogen-bond acceptors (Lipinski definition) is 7. The molecular formula is C24H26FN5O3. The van der Waals surface area contributed by atoms with Gasteiger partial charge in [0.2, 0.25) is 0 Å². The lowest BCUT2D eigenvalue weighted by Crippen LogP contribution is -2.43. The van der Waals surface area contributed by atoms with Gasteiger partial charge in [0.25, 0.3) is 0 Å². The van der Waals surface area contributed by atoms with E-state index in [9.17, 15) is 4.39 Å². The van der Waals surface area contributed by atoms with Gasteiger partial charge in [-0.3, -0.25) is 9.67 Å². The third-order valence-corrected chi connectivity index (χ3v) is 6.37. The molecule has 2 saturated heterocycles. The van der Waals surface area contributed by atoms with E-state index in [0.717, 1.165) is 50.3 Å². The molecule has 8 nitrogen and oxygen atoms in total. The van der Waals surface area contributed by atoms with Crippen LogP contribution in [-0.2, 0) is 15.1 Å². The van der Waals surface area contributed by atoms with Crippen molar-refractivity contribution in [2.45, 2.75) is 43.3 Å². The van der Waals surface area contributed by atoms with Crippen molar-refractivity contribution in [3.63, 3.8) is 0 Å². The predicted octanol–water partition coefficient (Wildman–Crippen LogP) is 4.63. The maximum Gasteiger partial charge on any atom is 0.198 e. The topological polar surface area (TPSA) is 83.3 Å². The summed E-state index contributed by atoms with van der Waals surface area (Å²) in [6.07, 6.45) is 9.53. The lowest BCUT2D eigenvalue weighted by atomic mass is 9.96. The highest BCUT2D eigenvalue weighted by Gasteiger charge is 2.42. The van der Waals surface area contributed by atoms with E-state index < -0.39 is 5.67 Å². The van der Waals surface area contributed by atoms with Gasteiger partial charge < -0.3 is 19.5 Å². The maximum absolute atomic E-state index is 14.7. The van der Waals surface area contributed by atoms with E-state index in [1.807, 2.05) is 18.3 Å². The number of aromatic nitrogens is 4. The molecule has 2 aliphatic heterocycles. The number of hydrogen-bond donors (Lipinski definition) is 1. The van der Waals surface area contributed by atoms with Crippen molar-refractivity contribution in [3.8, 4) is 11.5 Å². The molecule has 0 aromatic carbocycles. The summed E-state index contributed by atoms with van der Waals surface area (Å²) in [6, 6.07) is 7.62. The Morgan fingerprint density at radius 1 is 1.03 bits per heavy atom. The summed E-state index contributed by atoms with van der Waals surface area (Å²) in [5.41, 5.74) is 0.558. The smallest absolute Gasteiger partial charge is 0.198 e. The molecule has 9 heteroatoms. The Bertz CT molecular complexity index is 1140. The van der Waals surface area contributed by atoms with E-state index in [1.54, 1.807) is 24.5 Å². The summed E-state index contributed by atoms with van der Waals surface area (Å²) in [5.74, 6) is 2.40. The lowest BCUT2D eigenvalue weighted by molar-refractivity contribution is -0.137. The molecule has 1 aliphatic carbocycles. The van der Waals surface area contributed by atoms with Crippen LogP contribution in [-0.4, -0.2) is 46.2 Å². The van der Waals surface area contributed by atoms with Gasteiger partial charge in [0, 0.05) is 43.3 Å². The molecule has 1 N–H and O–H groups in total. The summed E-state index contributed by atoms with van der Waals surface area (Å²) >= 11 is 0. The van der Waals surface area contributed by atoms with Crippen LogP contribution in [0.15, 0.2) is 42.9 Å². The SMILES string of the molecule is FC1(c2cc(Nc3cc(Oc4cn(C5CC5)nc4C4CCOCC4)ccn3)ccn2)COC1. The molecule has 0 spiro atoms. The fourth-order valence-electron chi connectivity index (χ4n) is 4.25. The van der Waals surface area contributed by atoms with E-state index in [1.165, 1.54) is 0 Å². The minimum Gasteiger partial charge on any atom is -0.454 e. The number of rotatable bonds is 7. The first kappa shape index (κ1) is 20.6. The van der Waals surface area contributed by atoms with E-state index in [4.69, 9.17) is 19.3 Å². The van der Waals surface area contributed by atoms with Crippen LogP contribution < -0.4 is 10.1 Å². The van der Waals surface area contributed by atoms with Gasteiger partial charge >= 0.3 is 0 Å².